The number of nitrogen functional groups attached to an aromatic ring is 1. The SMILES string of the molecule is NNc1nc(NCC2CCCCS2)c2cn[nH]c2n1. The van der Waals surface area contributed by atoms with E-state index in [-0.39, 0.29) is 0 Å². The van der Waals surface area contributed by atoms with Gasteiger partial charge >= 0.3 is 0 Å². The highest BCUT2D eigenvalue weighted by Crippen LogP contribution is 2.26. The Balaban J connectivity index is 1.77. The van der Waals surface area contributed by atoms with Gasteiger partial charge in [0.15, 0.2) is 5.65 Å². The summed E-state index contributed by atoms with van der Waals surface area (Å²) in [7, 11) is 0. The monoisotopic (exact) mass is 279 g/mol. The summed E-state index contributed by atoms with van der Waals surface area (Å²) in [5.41, 5.74) is 3.15. The molecule has 0 saturated carbocycles. The molecule has 1 aliphatic heterocycles. The number of hydrazine groups is 1. The maximum Gasteiger partial charge on any atom is 0.241 e. The molecular formula is C11H17N7S. The quantitative estimate of drug-likeness (QED) is 0.494. The number of nitrogens with two attached hydrogens (primary N) is 1. The molecule has 0 amide bonds. The van der Waals surface area contributed by atoms with Crippen LogP contribution in [0.15, 0.2) is 6.20 Å². The molecule has 3 heterocycles. The molecule has 0 spiro atoms. The van der Waals surface area contributed by atoms with Crippen molar-refractivity contribution in [3.8, 4) is 0 Å². The van der Waals surface area contributed by atoms with Gasteiger partial charge < -0.3 is 5.32 Å². The van der Waals surface area contributed by atoms with Crippen molar-refractivity contribution in [2.45, 2.75) is 24.5 Å². The summed E-state index contributed by atoms with van der Waals surface area (Å²) in [6, 6.07) is 0. The number of thioether (sulfide) groups is 1. The van der Waals surface area contributed by atoms with E-state index in [4.69, 9.17) is 5.84 Å². The van der Waals surface area contributed by atoms with E-state index in [9.17, 15) is 0 Å². The van der Waals surface area contributed by atoms with E-state index in [0.717, 1.165) is 17.7 Å². The fraction of sp³-hybridized carbons (Fsp3) is 0.545. The summed E-state index contributed by atoms with van der Waals surface area (Å²) >= 11 is 2.03. The number of aromatic nitrogens is 4. The first-order valence-electron chi connectivity index (χ1n) is 6.40. The summed E-state index contributed by atoms with van der Waals surface area (Å²) < 4.78 is 0. The molecule has 7 nitrogen and oxygen atoms in total. The van der Waals surface area contributed by atoms with Crippen molar-refractivity contribution in [3.05, 3.63) is 6.20 Å². The van der Waals surface area contributed by atoms with Crippen molar-refractivity contribution >= 4 is 34.6 Å². The fourth-order valence-corrected chi connectivity index (χ4v) is 3.45. The van der Waals surface area contributed by atoms with E-state index >= 15 is 0 Å². The normalized spacial score (nSPS) is 19.5. The molecule has 5 N–H and O–H groups in total. The third-order valence-corrected chi connectivity index (χ3v) is 4.61. The number of aromatic amines is 1. The van der Waals surface area contributed by atoms with Gasteiger partial charge in [0, 0.05) is 11.8 Å². The van der Waals surface area contributed by atoms with Gasteiger partial charge in [0.05, 0.1) is 11.6 Å². The first-order valence-corrected chi connectivity index (χ1v) is 7.45. The summed E-state index contributed by atoms with van der Waals surface area (Å²) in [6.07, 6.45) is 5.65. The maximum atomic E-state index is 5.38. The van der Waals surface area contributed by atoms with Gasteiger partial charge in [-0.3, -0.25) is 10.5 Å². The van der Waals surface area contributed by atoms with Gasteiger partial charge in [-0.05, 0) is 18.6 Å². The van der Waals surface area contributed by atoms with Crippen molar-refractivity contribution in [2.75, 3.05) is 23.0 Å². The second-order valence-electron chi connectivity index (χ2n) is 4.54. The van der Waals surface area contributed by atoms with Gasteiger partial charge in [-0.15, -0.1) is 0 Å². The van der Waals surface area contributed by atoms with Crippen LogP contribution in [0.25, 0.3) is 11.0 Å². The van der Waals surface area contributed by atoms with Gasteiger partial charge in [0.2, 0.25) is 5.95 Å². The lowest BCUT2D eigenvalue weighted by Crippen LogP contribution is -2.21. The predicted octanol–water partition coefficient (Wildman–Crippen LogP) is 1.34. The van der Waals surface area contributed by atoms with E-state index in [1.54, 1.807) is 6.20 Å². The van der Waals surface area contributed by atoms with Crippen LogP contribution in [0, 0.1) is 0 Å². The molecule has 19 heavy (non-hydrogen) atoms. The Hall–Kier alpha value is -1.54. The Kier molecular flexibility index (Phi) is 3.69. The van der Waals surface area contributed by atoms with Gasteiger partial charge in [-0.2, -0.15) is 26.8 Å². The highest BCUT2D eigenvalue weighted by atomic mass is 32.2. The van der Waals surface area contributed by atoms with Crippen LogP contribution in [0.5, 0.6) is 0 Å². The lowest BCUT2D eigenvalue weighted by molar-refractivity contribution is 0.677. The molecule has 1 aliphatic rings. The molecule has 2 aromatic rings. The summed E-state index contributed by atoms with van der Waals surface area (Å²) in [4.78, 5) is 8.55. The standard InChI is InChI=1S/C11H17N7S/c12-17-11-15-9(8-6-14-18-10(8)16-11)13-5-7-3-1-2-4-19-7/h6-7H,1-5,12H2,(H3,13,14,15,16,17,18). The number of fused-ring (bicyclic) bond motifs is 1. The van der Waals surface area contributed by atoms with E-state index < -0.39 is 0 Å². The number of nitrogens with one attached hydrogen (secondary N) is 3. The second kappa shape index (κ2) is 5.62. The highest BCUT2D eigenvalue weighted by molar-refractivity contribution is 7.99. The van der Waals surface area contributed by atoms with E-state index in [1.165, 1.54) is 25.0 Å². The zero-order valence-electron chi connectivity index (χ0n) is 10.5. The van der Waals surface area contributed by atoms with Crippen molar-refractivity contribution in [1.29, 1.82) is 0 Å². The molecule has 1 atom stereocenters. The van der Waals surface area contributed by atoms with Crippen LogP contribution < -0.4 is 16.6 Å². The van der Waals surface area contributed by atoms with Crippen LogP contribution in [0.3, 0.4) is 0 Å². The topological polar surface area (TPSA) is 105 Å². The lowest BCUT2D eigenvalue weighted by atomic mass is 10.2. The number of anilines is 2. The Labute approximate surface area is 115 Å². The number of nitrogens with zero attached hydrogens (tertiary/aromatic N) is 3. The van der Waals surface area contributed by atoms with Crippen molar-refractivity contribution in [1.82, 2.24) is 20.2 Å². The van der Waals surface area contributed by atoms with Crippen molar-refractivity contribution < 1.29 is 0 Å². The minimum absolute atomic E-state index is 0.385. The van der Waals surface area contributed by atoms with Crippen molar-refractivity contribution in [3.63, 3.8) is 0 Å². The van der Waals surface area contributed by atoms with Crippen molar-refractivity contribution in [2.24, 2.45) is 5.84 Å². The predicted molar refractivity (Wildman–Crippen MR) is 78.1 cm³/mol. The second-order valence-corrected chi connectivity index (χ2v) is 5.95. The zero-order valence-corrected chi connectivity index (χ0v) is 11.3. The fourth-order valence-electron chi connectivity index (χ4n) is 2.21. The molecule has 3 rings (SSSR count). The third-order valence-electron chi connectivity index (χ3n) is 3.21. The Bertz CT molecular complexity index is 549. The Morgan fingerprint density at radius 3 is 3.16 bits per heavy atom. The zero-order chi connectivity index (χ0) is 13.1. The molecular weight excluding hydrogens is 262 g/mol. The molecule has 1 fully saturated rings. The van der Waals surface area contributed by atoms with Gasteiger partial charge in [0.1, 0.15) is 5.82 Å². The molecule has 1 saturated heterocycles. The van der Waals surface area contributed by atoms with E-state index in [1.807, 2.05) is 11.8 Å². The number of H-pyrrole nitrogens is 1. The number of hydrogen-bond donors (Lipinski definition) is 4. The van der Waals surface area contributed by atoms with Crippen LogP contribution in [0.2, 0.25) is 0 Å². The molecule has 8 heteroatoms. The molecule has 0 aromatic carbocycles. The summed E-state index contributed by atoms with van der Waals surface area (Å²) in [6.45, 7) is 0.909. The van der Waals surface area contributed by atoms with Gasteiger partial charge in [0.25, 0.3) is 0 Å². The van der Waals surface area contributed by atoms with Crippen LogP contribution in [0.4, 0.5) is 11.8 Å². The molecule has 1 unspecified atom stereocenters. The van der Waals surface area contributed by atoms with Gasteiger partial charge in [-0.1, -0.05) is 6.42 Å². The molecule has 0 aliphatic carbocycles. The van der Waals surface area contributed by atoms with Crippen LogP contribution in [-0.4, -0.2) is 37.7 Å². The smallest absolute Gasteiger partial charge is 0.241 e. The minimum Gasteiger partial charge on any atom is -0.368 e. The number of hydrogen-bond acceptors (Lipinski definition) is 7. The van der Waals surface area contributed by atoms with E-state index in [2.05, 4.69) is 30.9 Å². The molecule has 102 valence electrons. The first kappa shape index (κ1) is 12.5. The summed E-state index contributed by atoms with van der Waals surface area (Å²) in [5, 5.41) is 11.8. The summed E-state index contributed by atoms with van der Waals surface area (Å²) in [5.74, 6) is 7.79. The van der Waals surface area contributed by atoms with Crippen LogP contribution in [-0.2, 0) is 0 Å². The Morgan fingerprint density at radius 2 is 2.37 bits per heavy atom. The lowest BCUT2D eigenvalue weighted by Gasteiger charge is -2.21. The van der Waals surface area contributed by atoms with Crippen LogP contribution in [0.1, 0.15) is 19.3 Å². The van der Waals surface area contributed by atoms with Gasteiger partial charge in [-0.25, -0.2) is 5.84 Å². The number of rotatable bonds is 4. The highest BCUT2D eigenvalue weighted by Gasteiger charge is 2.15. The Morgan fingerprint density at radius 1 is 1.42 bits per heavy atom. The maximum absolute atomic E-state index is 5.38. The average Bonchev–Trinajstić information content (AvgIpc) is 2.94. The molecule has 0 bridgehead atoms. The van der Waals surface area contributed by atoms with E-state index in [0.29, 0.717) is 16.8 Å². The molecule has 0 radical (unpaired) electrons. The van der Waals surface area contributed by atoms with Crippen LogP contribution >= 0.6 is 11.8 Å². The minimum atomic E-state index is 0.385. The first-order chi connectivity index (χ1) is 9.36. The largest absolute Gasteiger partial charge is 0.368 e. The third kappa shape index (κ3) is 2.74. The molecule has 2 aromatic heterocycles. The average molecular weight is 279 g/mol.